The highest BCUT2D eigenvalue weighted by molar-refractivity contribution is 8.02. The van der Waals surface area contributed by atoms with E-state index in [1.807, 2.05) is 56.3 Å². The number of halogens is 1. The van der Waals surface area contributed by atoms with Gasteiger partial charge in [0.15, 0.2) is 0 Å². The smallest absolute Gasteiger partial charge is 0.311 e. The molecule has 0 saturated carbocycles. The van der Waals surface area contributed by atoms with Crippen molar-refractivity contribution in [1.82, 2.24) is 4.90 Å². The summed E-state index contributed by atoms with van der Waals surface area (Å²) in [4.78, 5) is 43.3. The quantitative estimate of drug-likeness (QED) is 0.472. The van der Waals surface area contributed by atoms with Crippen molar-refractivity contribution in [2.24, 2.45) is 11.8 Å². The fraction of sp³-hybridized carbons (Fsp3) is 0.483. The average Bonchev–Trinajstić information content (AvgIpc) is 3.46. The number of anilines is 1. The molecule has 7 nitrogen and oxygen atoms in total. The molecule has 2 aromatic carbocycles. The Bertz CT molecular complexity index is 1240. The lowest BCUT2D eigenvalue weighted by Crippen LogP contribution is -2.55. The molecule has 2 amide bonds. The second-order valence-electron chi connectivity index (χ2n) is 10.7. The highest BCUT2D eigenvalue weighted by Gasteiger charge is 2.78. The number of carbonyl (C=O) groups is 3. The molecule has 38 heavy (non-hydrogen) atoms. The predicted molar refractivity (Wildman–Crippen MR) is 148 cm³/mol. The zero-order chi connectivity index (χ0) is 27.2. The van der Waals surface area contributed by atoms with Crippen LogP contribution >= 0.6 is 23.4 Å². The van der Waals surface area contributed by atoms with E-state index < -0.39 is 39.4 Å². The molecule has 3 saturated heterocycles. The number of benzene rings is 2. The first-order valence-corrected chi connectivity index (χ1v) is 14.3. The van der Waals surface area contributed by atoms with Crippen molar-refractivity contribution < 1.29 is 24.2 Å². The first-order valence-electron chi connectivity index (χ1n) is 13.1. The van der Waals surface area contributed by atoms with Gasteiger partial charge in [-0.25, -0.2) is 0 Å². The van der Waals surface area contributed by atoms with Gasteiger partial charge in [-0.15, -0.1) is 11.8 Å². The fourth-order valence-corrected chi connectivity index (χ4v) is 9.37. The number of aryl methyl sites for hydroxylation is 1. The number of aliphatic hydroxyl groups excluding tert-OH is 1. The monoisotopic (exact) mass is 556 g/mol. The lowest BCUT2D eigenvalue weighted by atomic mass is 9.66. The minimum absolute atomic E-state index is 0.219. The van der Waals surface area contributed by atoms with E-state index in [0.717, 1.165) is 11.1 Å². The number of aliphatic hydroxyl groups is 1. The molecule has 3 fully saturated rings. The predicted octanol–water partition coefficient (Wildman–Crippen LogP) is 4.23. The molecule has 0 radical (unpaired) electrons. The Hall–Kier alpha value is -2.55. The van der Waals surface area contributed by atoms with Crippen LogP contribution < -0.4 is 5.32 Å². The van der Waals surface area contributed by atoms with Gasteiger partial charge in [0.25, 0.3) is 0 Å². The third-order valence-corrected chi connectivity index (χ3v) is 10.7. The minimum Gasteiger partial charge on any atom is -0.466 e. The summed E-state index contributed by atoms with van der Waals surface area (Å²) in [5.74, 6) is -2.39. The number of nitrogens with zero attached hydrogens (tertiary/aromatic N) is 1. The largest absolute Gasteiger partial charge is 0.466 e. The van der Waals surface area contributed by atoms with Crippen LogP contribution in [-0.2, 0) is 25.5 Å². The number of ether oxygens (including phenoxy) is 1. The number of likely N-dealkylation sites (tertiary alicyclic amines) is 1. The molecule has 1 spiro atoms. The summed E-state index contributed by atoms with van der Waals surface area (Å²) in [5.41, 5.74) is 2.25. The van der Waals surface area contributed by atoms with Crippen LogP contribution in [0, 0.1) is 18.8 Å². The summed E-state index contributed by atoms with van der Waals surface area (Å²) in [6, 6.07) is 13.5. The third kappa shape index (κ3) is 4.21. The number of fused-ring (bicyclic) bond motifs is 1. The number of esters is 1. The number of hydrogen-bond donors (Lipinski definition) is 2. The molecule has 2 aromatic rings. The number of nitrogens with one attached hydrogen (secondary N) is 1. The standard InChI is InChI=1S/C29H33ClN2O5S/c1-4-37-27(36)22-21-26(35)32(19(16-33)15-18-10-6-5-7-11-18)24(29(21)14-13-28(22,3)38-29)25(34)31-23-17(2)9-8-12-20(23)30/h5-12,19,21-22,24,33H,4,13-16H2,1-3H3,(H,31,34)/t19-,21+,22+,24?,28-,29?/m1/s1. The zero-order valence-electron chi connectivity index (χ0n) is 21.8. The maximum Gasteiger partial charge on any atom is 0.311 e. The average molecular weight is 557 g/mol. The normalized spacial score (nSPS) is 30.3. The van der Waals surface area contributed by atoms with Crippen LogP contribution in [0.2, 0.25) is 5.02 Å². The van der Waals surface area contributed by atoms with Gasteiger partial charge in [-0.2, -0.15) is 0 Å². The number of para-hydroxylation sites is 1. The summed E-state index contributed by atoms with van der Waals surface area (Å²) >= 11 is 8.02. The number of hydrogen-bond acceptors (Lipinski definition) is 6. The molecule has 2 N–H and O–H groups in total. The first-order chi connectivity index (χ1) is 18.2. The lowest BCUT2D eigenvalue weighted by Gasteiger charge is -2.37. The van der Waals surface area contributed by atoms with Crippen molar-refractivity contribution >= 4 is 46.8 Å². The molecular weight excluding hydrogens is 524 g/mol. The van der Waals surface area contributed by atoms with Gasteiger partial charge >= 0.3 is 5.97 Å². The summed E-state index contributed by atoms with van der Waals surface area (Å²) in [7, 11) is 0. The summed E-state index contributed by atoms with van der Waals surface area (Å²) < 4.78 is 4.13. The van der Waals surface area contributed by atoms with Crippen molar-refractivity contribution in [3.05, 3.63) is 64.7 Å². The second-order valence-corrected chi connectivity index (χ2v) is 13.0. The number of rotatable bonds is 8. The van der Waals surface area contributed by atoms with E-state index in [9.17, 15) is 19.5 Å². The molecule has 202 valence electrons. The Balaban J connectivity index is 1.59. The van der Waals surface area contributed by atoms with E-state index >= 15 is 0 Å². The van der Waals surface area contributed by atoms with Crippen molar-refractivity contribution in [2.75, 3.05) is 18.5 Å². The van der Waals surface area contributed by atoms with Crippen molar-refractivity contribution in [1.29, 1.82) is 0 Å². The molecule has 9 heteroatoms. The molecule has 3 aliphatic heterocycles. The Morgan fingerprint density at radius 3 is 2.61 bits per heavy atom. The third-order valence-electron chi connectivity index (χ3n) is 8.39. The minimum atomic E-state index is -0.886. The van der Waals surface area contributed by atoms with Gasteiger partial charge in [-0.3, -0.25) is 14.4 Å². The van der Waals surface area contributed by atoms with Crippen LogP contribution in [0.25, 0.3) is 0 Å². The van der Waals surface area contributed by atoms with Crippen molar-refractivity contribution in [3.63, 3.8) is 0 Å². The Morgan fingerprint density at radius 1 is 1.21 bits per heavy atom. The second kappa shape index (κ2) is 10.2. The molecule has 2 bridgehead atoms. The number of thioether (sulfide) groups is 1. The van der Waals surface area contributed by atoms with Gasteiger partial charge < -0.3 is 20.1 Å². The Labute approximate surface area is 232 Å². The van der Waals surface area contributed by atoms with E-state index in [0.29, 0.717) is 30.0 Å². The molecule has 2 unspecified atom stereocenters. The van der Waals surface area contributed by atoms with Gasteiger partial charge in [-0.05, 0) is 57.2 Å². The maximum absolute atomic E-state index is 14.3. The first kappa shape index (κ1) is 27.0. The van der Waals surface area contributed by atoms with E-state index in [2.05, 4.69) is 5.32 Å². The van der Waals surface area contributed by atoms with Crippen molar-refractivity contribution in [3.8, 4) is 0 Å². The summed E-state index contributed by atoms with van der Waals surface area (Å²) in [6.07, 6.45) is 1.68. The lowest BCUT2D eigenvalue weighted by molar-refractivity contribution is -0.155. The Kier molecular flexibility index (Phi) is 7.26. The molecule has 5 rings (SSSR count). The fourth-order valence-electron chi connectivity index (χ4n) is 6.77. The summed E-state index contributed by atoms with van der Waals surface area (Å²) in [5, 5.41) is 14.0. The van der Waals surface area contributed by atoms with Crippen LogP contribution in [0.15, 0.2) is 48.5 Å². The molecule has 3 heterocycles. The van der Waals surface area contributed by atoms with Crippen LogP contribution in [0.5, 0.6) is 0 Å². The molecule has 6 atom stereocenters. The van der Waals surface area contributed by atoms with Gasteiger partial charge in [-0.1, -0.05) is 54.1 Å². The van der Waals surface area contributed by atoms with Crippen molar-refractivity contribution in [2.45, 2.75) is 61.6 Å². The highest BCUT2D eigenvalue weighted by Crippen LogP contribution is 2.71. The Morgan fingerprint density at radius 2 is 1.95 bits per heavy atom. The van der Waals surface area contributed by atoms with Gasteiger partial charge in [0, 0.05) is 4.75 Å². The highest BCUT2D eigenvalue weighted by atomic mass is 35.5. The van der Waals surface area contributed by atoms with E-state index in [4.69, 9.17) is 16.3 Å². The number of amides is 2. The van der Waals surface area contributed by atoms with Crippen LogP contribution in [-0.4, -0.2) is 62.6 Å². The van der Waals surface area contributed by atoms with E-state index in [-0.39, 0.29) is 25.0 Å². The van der Waals surface area contributed by atoms with Gasteiger partial charge in [0.1, 0.15) is 6.04 Å². The SMILES string of the molecule is CCOC(=O)[C@@H]1[C@H]2C(=O)N([C@@H](CO)Cc3ccccc3)C(C(=O)Nc3c(C)cccc3Cl)C23CC[C@@]1(C)S3. The van der Waals surface area contributed by atoms with E-state index in [1.54, 1.807) is 29.7 Å². The number of carbonyl (C=O) groups excluding carboxylic acids is 3. The van der Waals surface area contributed by atoms with Crippen LogP contribution in [0.1, 0.15) is 37.8 Å². The van der Waals surface area contributed by atoms with Gasteiger partial charge in [0.05, 0.1) is 46.5 Å². The summed E-state index contributed by atoms with van der Waals surface area (Å²) in [6.45, 7) is 5.52. The van der Waals surface area contributed by atoms with Gasteiger partial charge in [0.2, 0.25) is 11.8 Å². The molecular formula is C29H33ClN2O5S. The topological polar surface area (TPSA) is 95.9 Å². The molecule has 3 aliphatic rings. The zero-order valence-corrected chi connectivity index (χ0v) is 23.3. The van der Waals surface area contributed by atoms with Crippen LogP contribution in [0.3, 0.4) is 0 Å². The van der Waals surface area contributed by atoms with E-state index in [1.165, 1.54) is 0 Å². The molecule has 0 aliphatic carbocycles. The maximum atomic E-state index is 14.3. The van der Waals surface area contributed by atoms with Crippen LogP contribution in [0.4, 0.5) is 5.69 Å². The molecule has 0 aromatic heterocycles.